The summed E-state index contributed by atoms with van der Waals surface area (Å²) in [5.41, 5.74) is 11.6. The summed E-state index contributed by atoms with van der Waals surface area (Å²) in [6, 6.07) is 4.44. The summed E-state index contributed by atoms with van der Waals surface area (Å²) >= 11 is 3.87. The van der Waals surface area contributed by atoms with Crippen LogP contribution in [0.5, 0.6) is 0 Å². The van der Waals surface area contributed by atoms with Crippen molar-refractivity contribution in [2.45, 2.75) is 50.4 Å². The van der Waals surface area contributed by atoms with Gasteiger partial charge in [0.1, 0.15) is 18.1 Å². The maximum atomic E-state index is 12.8. The third-order valence-corrected chi connectivity index (χ3v) is 4.87. The lowest BCUT2D eigenvalue weighted by Gasteiger charge is -2.23. The molecule has 0 bridgehead atoms. The maximum Gasteiger partial charge on any atom is 0.327 e. The standard InChI is InChI=1S/C20H29N5O6S/c1-11(17(27)25-15(10-32)20(30)31)23-19(29)14(9-12-5-3-2-4-6-12)24-18(28)13(21)7-8-16(22)26/h2-6,11,13-15,32H,7-10,21H2,1H3,(H2,22,26)(H,23,29)(H,24,28)(H,25,27)(H,30,31). The number of rotatable bonds is 13. The SMILES string of the molecule is CC(NC(=O)C(Cc1ccccc1)NC(=O)C(N)CCC(N)=O)C(=O)NC(CS)C(=O)O. The molecule has 4 atom stereocenters. The van der Waals surface area contributed by atoms with Gasteiger partial charge in [-0.05, 0) is 18.9 Å². The molecule has 4 unspecified atom stereocenters. The van der Waals surface area contributed by atoms with E-state index in [1.54, 1.807) is 30.3 Å². The van der Waals surface area contributed by atoms with Crippen molar-refractivity contribution in [2.75, 3.05) is 5.75 Å². The molecule has 8 N–H and O–H groups in total. The van der Waals surface area contributed by atoms with Crippen molar-refractivity contribution >= 4 is 42.2 Å². The van der Waals surface area contributed by atoms with Gasteiger partial charge in [0.05, 0.1) is 6.04 Å². The van der Waals surface area contributed by atoms with Crippen LogP contribution in [0.2, 0.25) is 0 Å². The minimum atomic E-state index is -1.26. The van der Waals surface area contributed by atoms with Gasteiger partial charge in [0, 0.05) is 18.6 Å². The van der Waals surface area contributed by atoms with E-state index in [4.69, 9.17) is 16.6 Å². The summed E-state index contributed by atoms with van der Waals surface area (Å²) in [6.45, 7) is 1.38. The van der Waals surface area contributed by atoms with E-state index in [0.717, 1.165) is 5.56 Å². The van der Waals surface area contributed by atoms with Crippen molar-refractivity contribution < 1.29 is 29.1 Å². The van der Waals surface area contributed by atoms with E-state index in [1.165, 1.54) is 6.92 Å². The third kappa shape index (κ3) is 9.35. The first kappa shape index (κ1) is 26.9. The van der Waals surface area contributed by atoms with Crippen molar-refractivity contribution in [1.82, 2.24) is 16.0 Å². The summed E-state index contributed by atoms with van der Waals surface area (Å²) in [5.74, 6) is -4.02. The number of carboxylic acid groups (broad SMARTS) is 1. The lowest BCUT2D eigenvalue weighted by atomic mass is 10.0. The fraction of sp³-hybridized carbons (Fsp3) is 0.450. The van der Waals surface area contributed by atoms with Gasteiger partial charge in [-0.15, -0.1) is 0 Å². The lowest BCUT2D eigenvalue weighted by Crippen LogP contribution is -2.57. The average Bonchev–Trinajstić information content (AvgIpc) is 2.75. The number of carbonyl (C=O) groups excluding carboxylic acids is 4. The second kappa shape index (κ2) is 13.3. The number of thiol groups is 1. The molecule has 0 spiro atoms. The Morgan fingerprint density at radius 3 is 2.09 bits per heavy atom. The molecule has 0 saturated carbocycles. The number of benzene rings is 1. The van der Waals surface area contributed by atoms with Crippen LogP contribution in [0, 0.1) is 0 Å². The van der Waals surface area contributed by atoms with Crippen LogP contribution in [0.3, 0.4) is 0 Å². The highest BCUT2D eigenvalue weighted by Gasteiger charge is 2.28. The molecule has 12 heteroatoms. The average molecular weight is 468 g/mol. The van der Waals surface area contributed by atoms with E-state index in [0.29, 0.717) is 0 Å². The van der Waals surface area contributed by atoms with Gasteiger partial charge in [0.2, 0.25) is 23.6 Å². The number of carboxylic acids is 1. The minimum Gasteiger partial charge on any atom is -0.480 e. The first-order valence-corrected chi connectivity index (χ1v) is 10.5. The molecule has 1 aromatic rings. The highest BCUT2D eigenvalue weighted by atomic mass is 32.1. The molecule has 0 radical (unpaired) electrons. The van der Waals surface area contributed by atoms with Crippen LogP contribution in [0.1, 0.15) is 25.3 Å². The Hall–Kier alpha value is -3.12. The molecule has 0 aliphatic rings. The molecule has 0 aliphatic heterocycles. The Labute approximate surface area is 191 Å². The van der Waals surface area contributed by atoms with E-state index < -0.39 is 53.8 Å². The molecule has 0 saturated heterocycles. The van der Waals surface area contributed by atoms with Crippen molar-refractivity contribution in [2.24, 2.45) is 11.5 Å². The Bertz CT molecular complexity index is 822. The normalized spacial score (nSPS) is 14.3. The van der Waals surface area contributed by atoms with Gasteiger partial charge in [0.25, 0.3) is 0 Å². The Morgan fingerprint density at radius 2 is 1.56 bits per heavy atom. The second-order valence-electron chi connectivity index (χ2n) is 7.17. The molecule has 32 heavy (non-hydrogen) atoms. The van der Waals surface area contributed by atoms with Crippen LogP contribution in [-0.4, -0.2) is 64.6 Å². The molecule has 0 fully saturated rings. The summed E-state index contributed by atoms with van der Waals surface area (Å²) in [6.07, 6.45) is 0.0425. The number of carbonyl (C=O) groups is 5. The molecule has 11 nitrogen and oxygen atoms in total. The van der Waals surface area contributed by atoms with Gasteiger partial charge in [-0.25, -0.2) is 4.79 Å². The van der Waals surface area contributed by atoms with Gasteiger partial charge < -0.3 is 32.5 Å². The Balaban J connectivity index is 2.87. The molecule has 176 valence electrons. The van der Waals surface area contributed by atoms with E-state index >= 15 is 0 Å². The molecule has 1 rings (SSSR count). The van der Waals surface area contributed by atoms with Crippen LogP contribution in [0.4, 0.5) is 0 Å². The van der Waals surface area contributed by atoms with Crippen LogP contribution < -0.4 is 27.4 Å². The quantitative estimate of drug-likeness (QED) is 0.168. The lowest BCUT2D eigenvalue weighted by molar-refractivity contribution is -0.141. The largest absolute Gasteiger partial charge is 0.480 e. The number of nitrogens with one attached hydrogen (secondary N) is 3. The number of aliphatic carboxylic acids is 1. The molecular weight excluding hydrogens is 438 g/mol. The first-order chi connectivity index (χ1) is 15.0. The highest BCUT2D eigenvalue weighted by molar-refractivity contribution is 7.80. The summed E-state index contributed by atoms with van der Waals surface area (Å²) in [5, 5.41) is 16.3. The topological polar surface area (TPSA) is 194 Å². The number of hydrogen-bond acceptors (Lipinski definition) is 7. The van der Waals surface area contributed by atoms with E-state index in [9.17, 15) is 24.0 Å². The van der Waals surface area contributed by atoms with E-state index in [1.807, 2.05) is 0 Å². The predicted molar refractivity (Wildman–Crippen MR) is 120 cm³/mol. The second-order valence-corrected chi connectivity index (χ2v) is 7.54. The zero-order chi connectivity index (χ0) is 24.3. The number of amides is 4. The monoisotopic (exact) mass is 467 g/mol. The minimum absolute atomic E-state index is 0.0138. The molecular formula is C20H29N5O6S. The van der Waals surface area contributed by atoms with E-state index in [2.05, 4.69) is 28.6 Å². The van der Waals surface area contributed by atoms with Crippen LogP contribution >= 0.6 is 12.6 Å². The fourth-order valence-corrected chi connectivity index (χ4v) is 2.88. The summed E-state index contributed by atoms with van der Waals surface area (Å²) < 4.78 is 0. The summed E-state index contributed by atoms with van der Waals surface area (Å²) in [4.78, 5) is 59.5. The van der Waals surface area contributed by atoms with Crippen molar-refractivity contribution in [3.63, 3.8) is 0 Å². The molecule has 0 aliphatic carbocycles. The number of nitrogens with two attached hydrogens (primary N) is 2. The molecule has 4 amide bonds. The Kier molecular flexibility index (Phi) is 11.2. The zero-order valence-corrected chi connectivity index (χ0v) is 18.5. The zero-order valence-electron chi connectivity index (χ0n) is 17.6. The number of hydrogen-bond donors (Lipinski definition) is 7. The van der Waals surface area contributed by atoms with Crippen LogP contribution in [0.25, 0.3) is 0 Å². The van der Waals surface area contributed by atoms with Gasteiger partial charge >= 0.3 is 5.97 Å². The van der Waals surface area contributed by atoms with Crippen molar-refractivity contribution in [3.8, 4) is 0 Å². The smallest absolute Gasteiger partial charge is 0.327 e. The Morgan fingerprint density at radius 1 is 0.969 bits per heavy atom. The predicted octanol–water partition coefficient (Wildman–Crippen LogP) is -1.69. The van der Waals surface area contributed by atoms with Crippen LogP contribution in [-0.2, 0) is 30.4 Å². The van der Waals surface area contributed by atoms with Gasteiger partial charge in [-0.1, -0.05) is 30.3 Å². The molecule has 1 aromatic carbocycles. The van der Waals surface area contributed by atoms with Gasteiger partial charge in [-0.2, -0.15) is 12.6 Å². The molecule has 0 heterocycles. The van der Waals surface area contributed by atoms with Gasteiger partial charge in [-0.3, -0.25) is 19.2 Å². The van der Waals surface area contributed by atoms with Crippen molar-refractivity contribution in [3.05, 3.63) is 35.9 Å². The number of primary amides is 1. The summed E-state index contributed by atoms with van der Waals surface area (Å²) in [7, 11) is 0. The van der Waals surface area contributed by atoms with Crippen molar-refractivity contribution in [1.29, 1.82) is 0 Å². The highest BCUT2D eigenvalue weighted by Crippen LogP contribution is 2.05. The van der Waals surface area contributed by atoms with E-state index in [-0.39, 0.29) is 25.0 Å². The third-order valence-electron chi connectivity index (χ3n) is 4.50. The van der Waals surface area contributed by atoms with Gasteiger partial charge in [0.15, 0.2) is 0 Å². The van der Waals surface area contributed by atoms with Crippen LogP contribution in [0.15, 0.2) is 30.3 Å². The first-order valence-electron chi connectivity index (χ1n) is 9.87. The maximum absolute atomic E-state index is 12.8. The molecule has 0 aromatic heterocycles. The fourth-order valence-electron chi connectivity index (χ4n) is 2.63.